The van der Waals surface area contributed by atoms with Gasteiger partial charge in [-0.15, -0.1) is 0 Å². The van der Waals surface area contributed by atoms with E-state index >= 15 is 0 Å². The van der Waals surface area contributed by atoms with Crippen LogP contribution in [0.15, 0.2) is 30.3 Å². The predicted molar refractivity (Wildman–Crippen MR) is 67.7 cm³/mol. The first kappa shape index (κ1) is 13.4. The third-order valence-electron chi connectivity index (χ3n) is 3.05. The van der Waals surface area contributed by atoms with Crippen LogP contribution in [0.3, 0.4) is 0 Å². The van der Waals surface area contributed by atoms with Crippen molar-refractivity contribution in [1.29, 1.82) is 0 Å². The summed E-state index contributed by atoms with van der Waals surface area (Å²) in [5.41, 5.74) is 0.885. The number of benzene rings is 1. The molecule has 102 valence electrons. The molecule has 2 amide bonds. The van der Waals surface area contributed by atoms with Gasteiger partial charge in [0.1, 0.15) is 6.04 Å². The Balaban J connectivity index is 2.03. The number of nitrogens with one attached hydrogen (secondary N) is 1. The number of nitrogens with zero attached hydrogens (tertiary/aromatic N) is 1. The molecule has 1 aromatic rings. The van der Waals surface area contributed by atoms with Crippen molar-refractivity contribution in [3.8, 4) is 0 Å². The van der Waals surface area contributed by atoms with E-state index in [9.17, 15) is 14.7 Å². The number of carbonyl (C=O) groups excluding carboxylic acids is 1. The second kappa shape index (κ2) is 5.71. The van der Waals surface area contributed by atoms with E-state index in [0.29, 0.717) is 6.42 Å². The fourth-order valence-corrected chi connectivity index (χ4v) is 2.05. The zero-order chi connectivity index (χ0) is 13.8. The van der Waals surface area contributed by atoms with Gasteiger partial charge in [0, 0.05) is 19.5 Å². The number of hydrogen-bond acceptors (Lipinski definition) is 3. The van der Waals surface area contributed by atoms with Gasteiger partial charge in [0.2, 0.25) is 5.91 Å². The van der Waals surface area contributed by atoms with Crippen molar-refractivity contribution < 1.29 is 19.8 Å². The first-order valence-corrected chi connectivity index (χ1v) is 6.06. The van der Waals surface area contributed by atoms with Gasteiger partial charge in [0.05, 0.1) is 6.10 Å². The van der Waals surface area contributed by atoms with Crippen molar-refractivity contribution in [3.05, 3.63) is 35.9 Å². The fourth-order valence-electron chi connectivity index (χ4n) is 2.05. The highest BCUT2D eigenvalue weighted by atomic mass is 16.4. The van der Waals surface area contributed by atoms with E-state index in [1.54, 1.807) is 0 Å². The van der Waals surface area contributed by atoms with Gasteiger partial charge in [0.25, 0.3) is 0 Å². The Hall–Kier alpha value is -2.08. The maximum absolute atomic E-state index is 12.1. The van der Waals surface area contributed by atoms with Gasteiger partial charge in [-0.05, 0) is 5.56 Å². The summed E-state index contributed by atoms with van der Waals surface area (Å²) in [5.74, 6) is -0.295. The van der Waals surface area contributed by atoms with Gasteiger partial charge in [-0.2, -0.15) is 0 Å². The van der Waals surface area contributed by atoms with Crippen LogP contribution in [-0.2, 0) is 11.2 Å². The van der Waals surface area contributed by atoms with Crippen LogP contribution in [0.25, 0.3) is 0 Å². The van der Waals surface area contributed by atoms with Gasteiger partial charge in [0.15, 0.2) is 0 Å². The Morgan fingerprint density at radius 1 is 1.32 bits per heavy atom. The highest BCUT2D eigenvalue weighted by molar-refractivity contribution is 5.86. The monoisotopic (exact) mass is 264 g/mol. The zero-order valence-electron chi connectivity index (χ0n) is 10.3. The molecule has 3 N–H and O–H groups in total. The molecule has 0 radical (unpaired) electrons. The lowest BCUT2D eigenvalue weighted by molar-refractivity contribution is -0.143. The standard InChI is InChI=1S/C13H16N2O4/c16-10-7-15(8-10)12(17)11(14-13(18)19)6-9-4-2-1-3-5-9/h1-5,10-11,14,16H,6-8H2,(H,18,19)/t11-/m0/s1. The van der Waals surface area contributed by atoms with E-state index in [1.165, 1.54) is 4.90 Å². The lowest BCUT2D eigenvalue weighted by Crippen LogP contribution is -2.59. The Bertz CT molecular complexity index is 457. The van der Waals surface area contributed by atoms with E-state index in [-0.39, 0.29) is 19.0 Å². The van der Waals surface area contributed by atoms with Crippen LogP contribution >= 0.6 is 0 Å². The van der Waals surface area contributed by atoms with Crippen LogP contribution in [-0.4, -0.2) is 52.3 Å². The number of likely N-dealkylation sites (tertiary alicyclic amines) is 1. The summed E-state index contributed by atoms with van der Waals surface area (Å²) in [7, 11) is 0. The summed E-state index contributed by atoms with van der Waals surface area (Å²) in [6, 6.07) is 8.41. The first-order valence-electron chi connectivity index (χ1n) is 6.06. The van der Waals surface area contributed by atoms with E-state index < -0.39 is 18.2 Å². The second-order valence-corrected chi connectivity index (χ2v) is 4.59. The van der Waals surface area contributed by atoms with Crippen molar-refractivity contribution in [1.82, 2.24) is 10.2 Å². The molecule has 0 aliphatic carbocycles. The van der Waals surface area contributed by atoms with Crippen molar-refractivity contribution in [2.24, 2.45) is 0 Å². The number of aliphatic hydroxyl groups is 1. The molecule has 1 fully saturated rings. The molecule has 1 aliphatic rings. The molecule has 1 atom stereocenters. The van der Waals surface area contributed by atoms with Gasteiger partial charge < -0.3 is 20.4 Å². The summed E-state index contributed by atoms with van der Waals surface area (Å²) < 4.78 is 0. The predicted octanol–water partition coefficient (Wildman–Crippen LogP) is 0.0684. The van der Waals surface area contributed by atoms with E-state index in [2.05, 4.69) is 5.32 Å². The fraction of sp³-hybridized carbons (Fsp3) is 0.385. The van der Waals surface area contributed by atoms with Crippen LogP contribution in [0, 0.1) is 0 Å². The van der Waals surface area contributed by atoms with E-state index in [1.807, 2.05) is 30.3 Å². The summed E-state index contributed by atoms with van der Waals surface area (Å²) in [4.78, 5) is 24.3. The maximum atomic E-state index is 12.1. The summed E-state index contributed by atoms with van der Waals surface area (Å²) in [6.45, 7) is 0.539. The third kappa shape index (κ3) is 3.45. The molecule has 6 nitrogen and oxygen atoms in total. The third-order valence-corrected chi connectivity index (χ3v) is 3.05. The minimum atomic E-state index is -1.23. The Kier molecular flexibility index (Phi) is 4.01. The number of amides is 2. The normalized spacial score (nSPS) is 16.6. The molecule has 19 heavy (non-hydrogen) atoms. The Morgan fingerprint density at radius 3 is 2.47 bits per heavy atom. The maximum Gasteiger partial charge on any atom is 0.405 e. The molecule has 2 rings (SSSR count). The van der Waals surface area contributed by atoms with E-state index in [0.717, 1.165) is 5.56 Å². The smallest absolute Gasteiger partial charge is 0.405 e. The zero-order valence-corrected chi connectivity index (χ0v) is 10.3. The number of hydrogen-bond donors (Lipinski definition) is 3. The molecule has 0 spiro atoms. The average molecular weight is 264 g/mol. The van der Waals surface area contributed by atoms with Crippen molar-refractivity contribution in [3.63, 3.8) is 0 Å². The van der Waals surface area contributed by atoms with Crippen molar-refractivity contribution in [2.45, 2.75) is 18.6 Å². The van der Waals surface area contributed by atoms with Gasteiger partial charge in [-0.25, -0.2) is 4.79 Å². The number of carboxylic acid groups (broad SMARTS) is 1. The second-order valence-electron chi connectivity index (χ2n) is 4.59. The summed E-state index contributed by atoms with van der Waals surface area (Å²) in [5, 5.41) is 20.2. The largest absolute Gasteiger partial charge is 0.465 e. The molecule has 1 heterocycles. The molecular formula is C13H16N2O4. The van der Waals surface area contributed by atoms with Crippen LogP contribution in [0.5, 0.6) is 0 Å². The SMILES string of the molecule is O=C(O)N[C@@H](Cc1ccccc1)C(=O)N1CC(O)C1. The first-order chi connectivity index (χ1) is 9.06. The molecule has 0 unspecified atom stereocenters. The number of β-amino-alcohol motifs (C(OH)–C–C–N with tert-alkyl or cyclic N) is 1. The van der Waals surface area contributed by atoms with Crippen LogP contribution < -0.4 is 5.32 Å². The average Bonchev–Trinajstić information content (AvgIpc) is 2.34. The molecule has 0 aromatic heterocycles. The summed E-state index contributed by atoms with van der Waals surface area (Å²) in [6.07, 6.45) is -1.42. The highest BCUT2D eigenvalue weighted by Gasteiger charge is 2.34. The van der Waals surface area contributed by atoms with Crippen LogP contribution in [0.4, 0.5) is 4.79 Å². The minimum absolute atomic E-state index is 0.269. The number of aliphatic hydroxyl groups excluding tert-OH is 1. The van der Waals surface area contributed by atoms with Crippen LogP contribution in [0.1, 0.15) is 5.56 Å². The molecule has 1 saturated heterocycles. The van der Waals surface area contributed by atoms with Crippen molar-refractivity contribution in [2.75, 3.05) is 13.1 Å². The van der Waals surface area contributed by atoms with Gasteiger partial charge in [-0.1, -0.05) is 30.3 Å². The lowest BCUT2D eigenvalue weighted by atomic mass is 10.0. The number of rotatable bonds is 4. The van der Waals surface area contributed by atoms with Gasteiger partial charge in [-0.3, -0.25) is 4.79 Å². The van der Waals surface area contributed by atoms with E-state index in [4.69, 9.17) is 5.11 Å². The molecule has 1 aliphatic heterocycles. The van der Waals surface area contributed by atoms with Gasteiger partial charge >= 0.3 is 6.09 Å². The summed E-state index contributed by atoms with van der Waals surface area (Å²) >= 11 is 0. The van der Waals surface area contributed by atoms with Crippen LogP contribution in [0.2, 0.25) is 0 Å². The molecular weight excluding hydrogens is 248 g/mol. The highest BCUT2D eigenvalue weighted by Crippen LogP contribution is 2.12. The molecule has 0 bridgehead atoms. The number of carbonyl (C=O) groups is 2. The Morgan fingerprint density at radius 2 is 1.95 bits per heavy atom. The molecule has 0 saturated carbocycles. The quantitative estimate of drug-likeness (QED) is 0.717. The molecule has 6 heteroatoms. The minimum Gasteiger partial charge on any atom is -0.465 e. The van der Waals surface area contributed by atoms with Crippen molar-refractivity contribution >= 4 is 12.0 Å². The lowest BCUT2D eigenvalue weighted by Gasteiger charge is -2.38. The topological polar surface area (TPSA) is 89.9 Å². The molecule has 1 aromatic carbocycles. The Labute approximate surface area is 110 Å².